The van der Waals surface area contributed by atoms with Gasteiger partial charge in [0.1, 0.15) is 0 Å². The molecule has 1 aliphatic carbocycles. The molecule has 1 aliphatic heterocycles. The maximum Gasteiger partial charge on any atom is 0.303 e. The van der Waals surface area contributed by atoms with Crippen molar-refractivity contribution in [1.82, 2.24) is 0 Å². The van der Waals surface area contributed by atoms with Gasteiger partial charge in [0.25, 0.3) is 0 Å². The molecule has 4 nitrogen and oxygen atoms in total. The Balaban J connectivity index is 1.60. The number of rotatable bonds is 6. The summed E-state index contributed by atoms with van der Waals surface area (Å²) in [6, 6.07) is 0. The highest BCUT2D eigenvalue weighted by atomic mass is 16.6. The predicted octanol–water partition coefficient (Wildman–Crippen LogP) is 1.48. The Morgan fingerprint density at radius 2 is 2.06 bits per heavy atom. The zero-order valence-corrected chi connectivity index (χ0v) is 9.26. The van der Waals surface area contributed by atoms with Crippen molar-refractivity contribution in [2.75, 3.05) is 0 Å². The molecular weight excluding hydrogens is 208 g/mol. The molecule has 1 heterocycles. The molecule has 90 valence electrons. The van der Waals surface area contributed by atoms with Crippen LogP contribution < -0.4 is 0 Å². The van der Waals surface area contributed by atoms with E-state index in [1.54, 1.807) is 0 Å². The van der Waals surface area contributed by atoms with E-state index in [4.69, 9.17) is 9.84 Å². The van der Waals surface area contributed by atoms with Crippen LogP contribution in [0.25, 0.3) is 0 Å². The van der Waals surface area contributed by atoms with Crippen LogP contribution in [0, 0.1) is 0 Å². The maximum absolute atomic E-state index is 10.3. The minimum atomic E-state index is -0.750. The third-order valence-corrected chi connectivity index (χ3v) is 3.28. The molecule has 0 bridgehead atoms. The molecule has 2 N–H and O–H groups in total. The van der Waals surface area contributed by atoms with Gasteiger partial charge in [0.05, 0.1) is 17.8 Å². The number of hydrogen-bond donors (Lipinski definition) is 2. The quantitative estimate of drug-likeness (QED) is 0.409. The Morgan fingerprint density at radius 3 is 2.69 bits per heavy atom. The Hall–Kier alpha value is -0.870. The lowest BCUT2D eigenvalue weighted by atomic mass is 9.96. The molecule has 1 saturated carbocycles. The number of fused-ring (bicyclic) bond motifs is 1. The molecule has 1 saturated heterocycles. The molecule has 0 radical (unpaired) electrons. The van der Waals surface area contributed by atoms with Crippen LogP contribution in [0.1, 0.15) is 38.5 Å². The average Bonchev–Trinajstić information content (AvgIpc) is 2.81. The Morgan fingerprint density at radius 1 is 1.38 bits per heavy atom. The molecule has 0 aromatic carbocycles. The first-order chi connectivity index (χ1) is 7.59. The molecule has 0 amide bonds. The summed E-state index contributed by atoms with van der Waals surface area (Å²) in [5.41, 5.74) is -0.573. The minimum absolute atomic E-state index is 0.215. The van der Waals surface area contributed by atoms with Crippen molar-refractivity contribution < 1.29 is 19.7 Å². The summed E-state index contributed by atoms with van der Waals surface area (Å²) in [5, 5.41) is 18.6. The fourth-order valence-electron chi connectivity index (χ4n) is 2.33. The summed E-state index contributed by atoms with van der Waals surface area (Å²) in [5.74, 6) is -0.750. The molecule has 0 spiro atoms. The minimum Gasteiger partial charge on any atom is -0.481 e. The highest BCUT2D eigenvalue weighted by Gasteiger charge is 2.54. The molecule has 2 unspecified atom stereocenters. The summed E-state index contributed by atoms with van der Waals surface area (Å²) in [4.78, 5) is 10.3. The van der Waals surface area contributed by atoms with E-state index < -0.39 is 11.6 Å². The Kier molecular flexibility index (Phi) is 3.30. The number of aliphatic carboxylic acids is 1. The second-order valence-corrected chi connectivity index (χ2v) is 4.81. The highest BCUT2D eigenvalue weighted by molar-refractivity contribution is 5.66. The smallest absolute Gasteiger partial charge is 0.303 e. The Bertz CT molecular complexity index is 287. The van der Waals surface area contributed by atoms with Crippen LogP contribution in [-0.4, -0.2) is 34.0 Å². The molecule has 2 fully saturated rings. The van der Waals surface area contributed by atoms with Crippen molar-refractivity contribution in [2.45, 2.75) is 56.3 Å². The van der Waals surface area contributed by atoms with Crippen LogP contribution in [-0.2, 0) is 9.53 Å². The summed E-state index contributed by atoms with van der Waals surface area (Å²) in [6.45, 7) is 0. The molecule has 2 rings (SSSR count). The zero-order chi connectivity index (χ0) is 11.6. The Labute approximate surface area is 94.9 Å². The van der Waals surface area contributed by atoms with E-state index in [0.717, 1.165) is 19.3 Å². The lowest BCUT2D eigenvalue weighted by molar-refractivity contribution is -0.137. The molecule has 16 heavy (non-hydrogen) atoms. The standard InChI is InChI=1S/C12H18O4/c13-11(14)5-3-1-2-4-6-12(15)7-9-10(8-12)16-9/h2,4,9-10,15H,1,3,5-8H2,(H,13,14)/b4-2-. The highest BCUT2D eigenvalue weighted by Crippen LogP contribution is 2.46. The van der Waals surface area contributed by atoms with E-state index in [1.807, 2.05) is 12.2 Å². The monoisotopic (exact) mass is 226 g/mol. The molecule has 4 heteroatoms. The van der Waals surface area contributed by atoms with E-state index >= 15 is 0 Å². The van der Waals surface area contributed by atoms with Gasteiger partial charge in [-0.15, -0.1) is 0 Å². The van der Waals surface area contributed by atoms with Crippen molar-refractivity contribution in [3.05, 3.63) is 12.2 Å². The molecule has 0 aromatic heterocycles. The fraction of sp³-hybridized carbons (Fsp3) is 0.750. The number of ether oxygens (including phenoxy) is 1. The van der Waals surface area contributed by atoms with Gasteiger partial charge in [-0.3, -0.25) is 4.79 Å². The van der Waals surface area contributed by atoms with Gasteiger partial charge in [0.15, 0.2) is 0 Å². The van der Waals surface area contributed by atoms with Crippen molar-refractivity contribution in [3.8, 4) is 0 Å². The van der Waals surface area contributed by atoms with Crippen molar-refractivity contribution >= 4 is 5.97 Å². The van der Waals surface area contributed by atoms with Gasteiger partial charge < -0.3 is 14.9 Å². The third-order valence-electron chi connectivity index (χ3n) is 3.28. The number of hydrogen-bond acceptors (Lipinski definition) is 3. The molecule has 2 aliphatic rings. The predicted molar refractivity (Wildman–Crippen MR) is 58.1 cm³/mol. The number of epoxide rings is 1. The average molecular weight is 226 g/mol. The van der Waals surface area contributed by atoms with Crippen molar-refractivity contribution in [3.63, 3.8) is 0 Å². The normalized spacial score (nSPS) is 36.6. The number of carboxylic acid groups (broad SMARTS) is 1. The van der Waals surface area contributed by atoms with Gasteiger partial charge in [0, 0.05) is 19.3 Å². The first-order valence-corrected chi connectivity index (χ1v) is 5.84. The van der Waals surface area contributed by atoms with E-state index in [2.05, 4.69) is 0 Å². The fourth-order valence-corrected chi connectivity index (χ4v) is 2.33. The molecule has 0 aromatic rings. The van der Waals surface area contributed by atoms with Crippen LogP contribution in [0.15, 0.2) is 12.2 Å². The van der Waals surface area contributed by atoms with E-state index in [-0.39, 0.29) is 6.42 Å². The van der Waals surface area contributed by atoms with E-state index in [1.165, 1.54) is 0 Å². The van der Waals surface area contributed by atoms with E-state index in [9.17, 15) is 9.90 Å². The first kappa shape index (κ1) is 11.6. The summed E-state index contributed by atoms with van der Waals surface area (Å²) >= 11 is 0. The van der Waals surface area contributed by atoms with Crippen molar-refractivity contribution in [1.29, 1.82) is 0 Å². The van der Waals surface area contributed by atoms with Crippen LogP contribution in [0.3, 0.4) is 0 Å². The number of carbonyl (C=O) groups is 1. The number of carboxylic acids is 1. The van der Waals surface area contributed by atoms with Crippen LogP contribution in [0.5, 0.6) is 0 Å². The maximum atomic E-state index is 10.3. The summed E-state index contributed by atoms with van der Waals surface area (Å²) in [7, 11) is 0. The van der Waals surface area contributed by atoms with Crippen LogP contribution in [0.4, 0.5) is 0 Å². The number of allylic oxidation sites excluding steroid dienone is 1. The lowest BCUT2D eigenvalue weighted by Gasteiger charge is -2.21. The lowest BCUT2D eigenvalue weighted by Crippen LogP contribution is -2.26. The van der Waals surface area contributed by atoms with Gasteiger partial charge >= 0.3 is 5.97 Å². The van der Waals surface area contributed by atoms with Crippen LogP contribution in [0.2, 0.25) is 0 Å². The second-order valence-electron chi connectivity index (χ2n) is 4.81. The van der Waals surface area contributed by atoms with Gasteiger partial charge in [-0.25, -0.2) is 0 Å². The van der Waals surface area contributed by atoms with Crippen molar-refractivity contribution in [2.24, 2.45) is 0 Å². The SMILES string of the molecule is O=C(O)CCC/C=C\CC1(O)CC2OC2C1. The molecular formula is C12H18O4. The van der Waals surface area contributed by atoms with Gasteiger partial charge in [-0.1, -0.05) is 12.2 Å². The summed E-state index contributed by atoms with van der Waals surface area (Å²) < 4.78 is 5.27. The second kappa shape index (κ2) is 4.55. The zero-order valence-electron chi connectivity index (χ0n) is 9.26. The topological polar surface area (TPSA) is 70.1 Å². The van der Waals surface area contributed by atoms with Gasteiger partial charge in [-0.05, 0) is 19.3 Å². The number of aliphatic hydroxyl groups is 1. The molecule has 2 atom stereocenters. The van der Waals surface area contributed by atoms with Gasteiger partial charge in [-0.2, -0.15) is 0 Å². The van der Waals surface area contributed by atoms with Gasteiger partial charge in [0.2, 0.25) is 0 Å². The van der Waals surface area contributed by atoms with Crippen LogP contribution >= 0.6 is 0 Å². The largest absolute Gasteiger partial charge is 0.481 e. The summed E-state index contributed by atoms with van der Waals surface area (Å²) in [6.07, 6.45) is 8.33. The first-order valence-electron chi connectivity index (χ1n) is 5.84. The third kappa shape index (κ3) is 3.06. The van der Waals surface area contributed by atoms with E-state index in [0.29, 0.717) is 25.0 Å². The number of unbranched alkanes of at least 4 members (excludes halogenated alkanes) is 1.